The lowest BCUT2D eigenvalue weighted by atomic mass is 10.3. The molecule has 2 heterocycles. The summed E-state index contributed by atoms with van der Waals surface area (Å²) < 4.78 is 31.1. The van der Waals surface area contributed by atoms with Crippen molar-refractivity contribution >= 4 is 43.9 Å². The van der Waals surface area contributed by atoms with E-state index in [2.05, 4.69) is 16.5 Å². The summed E-state index contributed by atoms with van der Waals surface area (Å²) in [4.78, 5) is 20.2. The number of benzene rings is 2. The Bertz CT molecular complexity index is 1430. The van der Waals surface area contributed by atoms with E-state index in [1.165, 1.54) is 4.31 Å². The van der Waals surface area contributed by atoms with E-state index >= 15 is 0 Å². The van der Waals surface area contributed by atoms with Crippen LogP contribution in [0.15, 0.2) is 57.3 Å². The van der Waals surface area contributed by atoms with Crippen LogP contribution in [0.5, 0.6) is 0 Å². The first-order valence-electron chi connectivity index (χ1n) is 11.2. The third-order valence-corrected chi connectivity index (χ3v) is 8.89. The molecule has 1 N–H and O–H groups in total. The number of imidazole rings is 2. The Labute approximate surface area is 197 Å². The molecule has 0 fully saturated rings. The summed E-state index contributed by atoms with van der Waals surface area (Å²) in [5.41, 5.74) is 3.27. The number of H-pyrrole nitrogens is 1. The third-order valence-electron chi connectivity index (χ3n) is 5.78. The molecule has 0 saturated heterocycles. The van der Waals surface area contributed by atoms with Gasteiger partial charge in [0.25, 0.3) is 0 Å². The van der Waals surface area contributed by atoms with E-state index in [1.807, 2.05) is 44.2 Å². The zero-order chi connectivity index (χ0) is 23.6. The lowest BCUT2D eigenvalue weighted by Crippen LogP contribution is -2.30. The predicted octanol–water partition coefficient (Wildman–Crippen LogP) is 3.91. The van der Waals surface area contributed by atoms with Crippen LogP contribution in [0.3, 0.4) is 0 Å². The Morgan fingerprint density at radius 3 is 2.52 bits per heavy atom. The molecule has 176 valence electrons. The average molecular weight is 488 g/mol. The van der Waals surface area contributed by atoms with Gasteiger partial charge >= 0.3 is 5.69 Å². The normalized spacial score (nSPS) is 12.4. The minimum atomic E-state index is -3.53. The second-order valence-corrected chi connectivity index (χ2v) is 10.7. The van der Waals surface area contributed by atoms with Gasteiger partial charge in [0.1, 0.15) is 0 Å². The number of hydrogen-bond acceptors (Lipinski definition) is 5. The van der Waals surface area contributed by atoms with Crippen LogP contribution < -0.4 is 5.69 Å². The Balaban J connectivity index is 1.52. The molecule has 4 rings (SSSR count). The van der Waals surface area contributed by atoms with Gasteiger partial charge in [0, 0.05) is 31.9 Å². The number of sulfonamides is 1. The van der Waals surface area contributed by atoms with Gasteiger partial charge in [-0.3, -0.25) is 4.57 Å². The minimum Gasteiger partial charge on any atom is -0.319 e. The zero-order valence-corrected chi connectivity index (χ0v) is 20.7. The van der Waals surface area contributed by atoms with Gasteiger partial charge in [0.15, 0.2) is 5.16 Å². The van der Waals surface area contributed by atoms with E-state index in [-0.39, 0.29) is 10.6 Å². The van der Waals surface area contributed by atoms with E-state index in [0.717, 1.165) is 40.4 Å². The molecule has 4 aromatic rings. The van der Waals surface area contributed by atoms with E-state index in [4.69, 9.17) is 4.98 Å². The standard InChI is InChI=1S/C23H29N5O3S2/c1-4-26(5-2)33(30,31)17-12-13-21-19(16-17)25-23(27(21)6-3)32-15-9-14-28-20-11-8-7-10-18(20)24-22(28)29/h7-8,10-13,16H,4-6,9,14-15H2,1-3H3,(H,24,29). The van der Waals surface area contributed by atoms with Crippen molar-refractivity contribution in [1.29, 1.82) is 0 Å². The van der Waals surface area contributed by atoms with Crippen LogP contribution in [-0.4, -0.2) is 50.7 Å². The summed E-state index contributed by atoms with van der Waals surface area (Å²) in [6, 6.07) is 12.9. The van der Waals surface area contributed by atoms with Gasteiger partial charge in [-0.25, -0.2) is 18.2 Å². The Hall–Kier alpha value is -2.56. The maximum absolute atomic E-state index is 12.9. The minimum absolute atomic E-state index is 0.0936. The van der Waals surface area contributed by atoms with Crippen molar-refractivity contribution in [3.05, 3.63) is 52.9 Å². The molecule has 2 aromatic carbocycles. The number of hydrogen-bond donors (Lipinski definition) is 1. The highest BCUT2D eigenvalue weighted by Crippen LogP contribution is 2.27. The van der Waals surface area contributed by atoms with Gasteiger partial charge in [-0.1, -0.05) is 37.7 Å². The number of aromatic amines is 1. The topological polar surface area (TPSA) is 93.0 Å². The molecule has 33 heavy (non-hydrogen) atoms. The van der Waals surface area contributed by atoms with E-state index in [1.54, 1.807) is 28.5 Å². The summed E-state index contributed by atoms with van der Waals surface area (Å²) >= 11 is 1.63. The molecule has 0 aliphatic rings. The van der Waals surface area contributed by atoms with Crippen molar-refractivity contribution < 1.29 is 8.42 Å². The quantitative estimate of drug-likeness (QED) is 0.270. The second kappa shape index (κ2) is 9.74. The average Bonchev–Trinajstić information content (AvgIpc) is 3.32. The molecule has 0 bridgehead atoms. The van der Waals surface area contributed by atoms with E-state index < -0.39 is 10.0 Å². The van der Waals surface area contributed by atoms with E-state index in [9.17, 15) is 13.2 Å². The second-order valence-electron chi connectivity index (χ2n) is 7.68. The number of rotatable bonds is 10. The SMILES string of the molecule is CCN(CC)S(=O)(=O)c1ccc2c(c1)nc(SCCCn1c(=O)[nH]c3ccccc31)n2CC. The lowest BCUT2D eigenvalue weighted by Gasteiger charge is -2.18. The summed E-state index contributed by atoms with van der Waals surface area (Å²) in [5, 5.41) is 0.858. The molecule has 0 spiro atoms. The number of fused-ring (bicyclic) bond motifs is 2. The highest BCUT2D eigenvalue weighted by Gasteiger charge is 2.23. The van der Waals surface area contributed by atoms with Crippen LogP contribution in [0.1, 0.15) is 27.2 Å². The molecular weight excluding hydrogens is 458 g/mol. The number of para-hydroxylation sites is 2. The first kappa shape index (κ1) is 23.6. The Morgan fingerprint density at radius 1 is 1.03 bits per heavy atom. The molecule has 2 aromatic heterocycles. The maximum atomic E-state index is 12.9. The van der Waals surface area contributed by atoms with Gasteiger partial charge in [-0.2, -0.15) is 4.31 Å². The van der Waals surface area contributed by atoms with Crippen LogP contribution in [0.25, 0.3) is 22.1 Å². The number of aryl methyl sites for hydroxylation is 2. The van der Waals surface area contributed by atoms with Gasteiger partial charge in [0.2, 0.25) is 10.0 Å². The predicted molar refractivity (Wildman–Crippen MR) is 133 cm³/mol. The molecule has 10 heteroatoms. The first-order valence-corrected chi connectivity index (χ1v) is 13.6. The van der Waals surface area contributed by atoms with Crippen molar-refractivity contribution in [3.8, 4) is 0 Å². The fourth-order valence-corrected chi connectivity index (χ4v) is 6.57. The van der Waals surface area contributed by atoms with Crippen molar-refractivity contribution in [1.82, 2.24) is 23.4 Å². The summed E-state index contributed by atoms with van der Waals surface area (Å²) in [6.07, 6.45) is 0.806. The molecular formula is C23H29N5O3S2. The fraction of sp³-hybridized carbons (Fsp3) is 0.391. The molecule has 0 aliphatic heterocycles. The number of thioether (sulfide) groups is 1. The number of nitrogens with zero attached hydrogens (tertiary/aromatic N) is 4. The fourth-order valence-electron chi connectivity index (χ4n) is 4.09. The van der Waals surface area contributed by atoms with Crippen LogP contribution in [0, 0.1) is 0 Å². The van der Waals surface area contributed by atoms with Gasteiger partial charge in [-0.15, -0.1) is 0 Å². The van der Waals surface area contributed by atoms with Crippen LogP contribution >= 0.6 is 11.8 Å². The highest BCUT2D eigenvalue weighted by molar-refractivity contribution is 7.99. The summed E-state index contributed by atoms with van der Waals surface area (Å²) in [6.45, 7) is 7.95. The zero-order valence-electron chi connectivity index (χ0n) is 19.1. The lowest BCUT2D eigenvalue weighted by molar-refractivity contribution is 0.445. The molecule has 0 unspecified atom stereocenters. The van der Waals surface area contributed by atoms with Crippen LogP contribution in [-0.2, 0) is 23.1 Å². The third kappa shape index (κ3) is 4.47. The Kier molecular flexibility index (Phi) is 6.96. The van der Waals surface area contributed by atoms with Crippen LogP contribution in [0.2, 0.25) is 0 Å². The number of nitrogens with one attached hydrogen (secondary N) is 1. The number of aromatic nitrogens is 4. The largest absolute Gasteiger partial charge is 0.326 e. The van der Waals surface area contributed by atoms with Gasteiger partial charge in [0.05, 0.1) is 27.0 Å². The van der Waals surface area contributed by atoms with E-state index in [0.29, 0.717) is 25.2 Å². The van der Waals surface area contributed by atoms with Crippen molar-refractivity contribution in [2.24, 2.45) is 0 Å². The molecule has 0 atom stereocenters. The van der Waals surface area contributed by atoms with Gasteiger partial charge in [-0.05, 0) is 43.7 Å². The molecule has 0 saturated carbocycles. The first-order chi connectivity index (χ1) is 15.9. The smallest absolute Gasteiger partial charge is 0.319 e. The highest BCUT2D eigenvalue weighted by atomic mass is 32.2. The summed E-state index contributed by atoms with van der Waals surface area (Å²) in [7, 11) is -3.53. The maximum Gasteiger partial charge on any atom is 0.326 e. The van der Waals surface area contributed by atoms with Crippen LogP contribution in [0.4, 0.5) is 0 Å². The molecule has 0 amide bonds. The Morgan fingerprint density at radius 2 is 1.79 bits per heavy atom. The summed E-state index contributed by atoms with van der Waals surface area (Å²) in [5.74, 6) is 0.792. The monoisotopic (exact) mass is 487 g/mol. The van der Waals surface area contributed by atoms with Gasteiger partial charge < -0.3 is 9.55 Å². The van der Waals surface area contributed by atoms with Crippen molar-refractivity contribution in [3.63, 3.8) is 0 Å². The molecule has 0 aliphatic carbocycles. The van der Waals surface area contributed by atoms with Crippen molar-refractivity contribution in [2.75, 3.05) is 18.8 Å². The van der Waals surface area contributed by atoms with Crippen molar-refractivity contribution in [2.45, 2.75) is 50.3 Å². The molecule has 0 radical (unpaired) electrons. The molecule has 8 nitrogen and oxygen atoms in total.